The molecule has 3 rings (SSSR count). The van der Waals surface area contributed by atoms with Gasteiger partial charge in [0.1, 0.15) is 0 Å². The number of nitrogens with zero attached hydrogens (tertiary/aromatic N) is 2. The van der Waals surface area contributed by atoms with E-state index >= 15 is 0 Å². The minimum Gasteiger partial charge on any atom is -0.326 e. The van der Waals surface area contributed by atoms with Crippen LogP contribution in [-0.4, -0.2) is 27.5 Å². The molecule has 1 aromatic carbocycles. The van der Waals surface area contributed by atoms with Crippen LogP contribution in [0, 0.1) is 6.92 Å². The summed E-state index contributed by atoms with van der Waals surface area (Å²) in [6, 6.07) is 8.63. The van der Waals surface area contributed by atoms with Gasteiger partial charge in [-0.3, -0.25) is 9.89 Å². The normalized spacial score (nSPS) is 17.4. The van der Waals surface area contributed by atoms with Crippen LogP contribution in [0.25, 0.3) is 0 Å². The molecule has 0 spiro atoms. The number of H-pyrrole nitrogens is 1. The minimum atomic E-state index is -0.0117. The summed E-state index contributed by atoms with van der Waals surface area (Å²) in [5.41, 5.74) is 5.09. The molecule has 4 heteroatoms. The zero-order valence-electron chi connectivity index (χ0n) is 13.7. The van der Waals surface area contributed by atoms with Gasteiger partial charge in [-0.05, 0) is 30.4 Å². The Balaban J connectivity index is 2.05. The predicted molar refractivity (Wildman–Crippen MR) is 87.0 cm³/mol. The van der Waals surface area contributed by atoms with Crippen molar-refractivity contribution >= 4 is 5.91 Å². The number of amides is 1. The van der Waals surface area contributed by atoms with Gasteiger partial charge >= 0.3 is 0 Å². The summed E-state index contributed by atoms with van der Waals surface area (Å²) in [6.45, 7) is 9.22. The highest BCUT2D eigenvalue weighted by Gasteiger charge is 2.40. The average molecular weight is 297 g/mol. The zero-order valence-corrected chi connectivity index (χ0v) is 13.7. The molecule has 1 N–H and O–H groups in total. The van der Waals surface area contributed by atoms with Gasteiger partial charge in [-0.15, -0.1) is 0 Å². The Kier molecular flexibility index (Phi) is 3.77. The van der Waals surface area contributed by atoms with Crippen LogP contribution in [0.1, 0.15) is 72.0 Å². The molecule has 0 unspecified atom stereocenters. The van der Waals surface area contributed by atoms with E-state index in [0.717, 1.165) is 29.8 Å². The van der Waals surface area contributed by atoms with Gasteiger partial charge in [-0.25, -0.2) is 0 Å². The van der Waals surface area contributed by atoms with Crippen LogP contribution < -0.4 is 0 Å². The first kappa shape index (κ1) is 14.8. The van der Waals surface area contributed by atoms with Gasteiger partial charge in [-0.1, -0.05) is 45.0 Å². The Hall–Kier alpha value is -2.10. The molecule has 0 radical (unpaired) electrons. The molecule has 1 amide bonds. The van der Waals surface area contributed by atoms with E-state index in [0.29, 0.717) is 11.6 Å². The topological polar surface area (TPSA) is 49.0 Å². The van der Waals surface area contributed by atoms with Gasteiger partial charge < -0.3 is 4.90 Å². The third-order valence-electron chi connectivity index (χ3n) is 4.43. The lowest BCUT2D eigenvalue weighted by atomic mass is 9.95. The molecule has 1 aliphatic heterocycles. The van der Waals surface area contributed by atoms with Crippen molar-refractivity contribution in [3.63, 3.8) is 0 Å². The number of aromatic nitrogens is 2. The quantitative estimate of drug-likeness (QED) is 0.933. The van der Waals surface area contributed by atoms with Crippen molar-refractivity contribution in [3.8, 4) is 0 Å². The molecule has 0 saturated carbocycles. The largest absolute Gasteiger partial charge is 0.326 e. The number of hydrogen-bond acceptors (Lipinski definition) is 2. The SMILES string of the molecule is CCCN1C(=O)c2n[nH]c(C)c2[C@@H]1c1ccc(C(C)C)cc1. The Morgan fingerprint density at radius 2 is 1.95 bits per heavy atom. The summed E-state index contributed by atoms with van der Waals surface area (Å²) >= 11 is 0. The number of fused-ring (bicyclic) bond motifs is 1. The summed E-state index contributed by atoms with van der Waals surface area (Å²) in [7, 11) is 0. The first-order valence-corrected chi connectivity index (χ1v) is 8.00. The van der Waals surface area contributed by atoms with E-state index < -0.39 is 0 Å². The molecule has 0 fully saturated rings. The second-order valence-corrected chi connectivity index (χ2v) is 6.33. The van der Waals surface area contributed by atoms with Crippen molar-refractivity contribution in [3.05, 3.63) is 52.3 Å². The molecule has 0 saturated heterocycles. The third-order valence-corrected chi connectivity index (χ3v) is 4.43. The van der Waals surface area contributed by atoms with Gasteiger partial charge in [0.15, 0.2) is 5.69 Å². The lowest BCUT2D eigenvalue weighted by Crippen LogP contribution is -2.30. The highest BCUT2D eigenvalue weighted by molar-refractivity contribution is 5.98. The van der Waals surface area contributed by atoms with Gasteiger partial charge in [0.2, 0.25) is 0 Å². The van der Waals surface area contributed by atoms with Crippen LogP contribution in [0.4, 0.5) is 0 Å². The van der Waals surface area contributed by atoms with E-state index in [2.05, 4.69) is 55.2 Å². The number of nitrogens with one attached hydrogen (secondary N) is 1. The van der Waals surface area contributed by atoms with E-state index in [4.69, 9.17) is 0 Å². The van der Waals surface area contributed by atoms with E-state index in [-0.39, 0.29) is 11.9 Å². The lowest BCUT2D eigenvalue weighted by molar-refractivity contribution is 0.0743. The molecule has 116 valence electrons. The van der Waals surface area contributed by atoms with Crippen molar-refractivity contribution in [1.82, 2.24) is 15.1 Å². The van der Waals surface area contributed by atoms with E-state index in [1.807, 2.05) is 11.8 Å². The first-order valence-electron chi connectivity index (χ1n) is 8.00. The molecule has 1 aliphatic rings. The van der Waals surface area contributed by atoms with Crippen LogP contribution in [0.2, 0.25) is 0 Å². The van der Waals surface area contributed by atoms with Crippen LogP contribution in [-0.2, 0) is 0 Å². The van der Waals surface area contributed by atoms with Crippen LogP contribution >= 0.6 is 0 Å². The predicted octanol–water partition coefficient (Wildman–Crippen LogP) is 3.80. The molecule has 2 aromatic rings. The molecule has 22 heavy (non-hydrogen) atoms. The second-order valence-electron chi connectivity index (χ2n) is 6.33. The lowest BCUT2D eigenvalue weighted by Gasteiger charge is -2.26. The summed E-state index contributed by atoms with van der Waals surface area (Å²) in [6.07, 6.45) is 0.944. The number of aryl methyl sites for hydroxylation is 1. The molecule has 1 atom stereocenters. The Morgan fingerprint density at radius 3 is 2.55 bits per heavy atom. The standard InChI is InChI=1S/C18H23N3O/c1-5-10-21-17(14-8-6-13(7-9-14)11(2)3)15-12(4)19-20-16(15)18(21)22/h6-9,11,17H,5,10H2,1-4H3,(H,19,20)/t17-/m0/s1. The number of rotatable bonds is 4. The first-order chi connectivity index (χ1) is 10.5. The molecular formula is C18H23N3O. The number of carbonyl (C=O) groups excluding carboxylic acids is 1. The number of aromatic amines is 1. The maximum absolute atomic E-state index is 12.6. The summed E-state index contributed by atoms with van der Waals surface area (Å²) in [5.74, 6) is 0.552. The maximum Gasteiger partial charge on any atom is 0.275 e. The van der Waals surface area contributed by atoms with Crippen molar-refractivity contribution in [2.24, 2.45) is 0 Å². The fourth-order valence-electron chi connectivity index (χ4n) is 3.23. The Morgan fingerprint density at radius 1 is 1.27 bits per heavy atom. The number of hydrogen-bond donors (Lipinski definition) is 1. The monoisotopic (exact) mass is 297 g/mol. The van der Waals surface area contributed by atoms with E-state index in [1.165, 1.54) is 5.56 Å². The van der Waals surface area contributed by atoms with Crippen molar-refractivity contribution < 1.29 is 4.79 Å². The van der Waals surface area contributed by atoms with Crippen LogP contribution in [0.15, 0.2) is 24.3 Å². The summed E-state index contributed by atoms with van der Waals surface area (Å²) in [5, 5.41) is 7.18. The van der Waals surface area contributed by atoms with Crippen LogP contribution in [0.3, 0.4) is 0 Å². The average Bonchev–Trinajstić information content (AvgIpc) is 3.00. The van der Waals surface area contributed by atoms with Gasteiger partial charge in [0.25, 0.3) is 5.91 Å². The van der Waals surface area contributed by atoms with Crippen LogP contribution in [0.5, 0.6) is 0 Å². The van der Waals surface area contributed by atoms with Crippen molar-refractivity contribution in [2.45, 2.75) is 46.1 Å². The molecular weight excluding hydrogens is 274 g/mol. The van der Waals surface area contributed by atoms with Crippen molar-refractivity contribution in [2.75, 3.05) is 6.54 Å². The highest BCUT2D eigenvalue weighted by Crippen LogP contribution is 2.39. The van der Waals surface area contributed by atoms with Crippen molar-refractivity contribution in [1.29, 1.82) is 0 Å². The number of benzene rings is 1. The molecule has 2 heterocycles. The molecule has 0 aliphatic carbocycles. The smallest absolute Gasteiger partial charge is 0.275 e. The number of carbonyl (C=O) groups is 1. The molecule has 0 bridgehead atoms. The Labute approximate surface area is 131 Å². The van der Waals surface area contributed by atoms with Gasteiger partial charge in [0, 0.05) is 17.8 Å². The van der Waals surface area contributed by atoms with Gasteiger partial charge in [-0.2, -0.15) is 5.10 Å². The van der Waals surface area contributed by atoms with E-state index in [9.17, 15) is 4.79 Å². The summed E-state index contributed by atoms with van der Waals surface area (Å²) in [4.78, 5) is 14.5. The second kappa shape index (κ2) is 5.59. The zero-order chi connectivity index (χ0) is 15.9. The molecule has 4 nitrogen and oxygen atoms in total. The summed E-state index contributed by atoms with van der Waals surface area (Å²) < 4.78 is 0. The third kappa shape index (κ3) is 2.23. The highest BCUT2D eigenvalue weighted by atomic mass is 16.2. The molecule has 1 aromatic heterocycles. The van der Waals surface area contributed by atoms with Gasteiger partial charge in [0.05, 0.1) is 6.04 Å². The fourth-order valence-corrected chi connectivity index (χ4v) is 3.23. The maximum atomic E-state index is 12.6. The van der Waals surface area contributed by atoms with E-state index in [1.54, 1.807) is 0 Å². The minimum absolute atomic E-state index is 0.0117. The Bertz CT molecular complexity index is 685. The fraction of sp³-hybridized carbons (Fsp3) is 0.444.